The molecule has 1 fully saturated rings. The summed E-state index contributed by atoms with van der Waals surface area (Å²) in [6.07, 6.45) is 3.78. The molecule has 1 N–H and O–H groups in total. The van der Waals surface area contributed by atoms with Crippen molar-refractivity contribution in [1.82, 2.24) is 19.8 Å². The van der Waals surface area contributed by atoms with E-state index in [0.29, 0.717) is 6.04 Å². The second kappa shape index (κ2) is 5.15. The number of imidazole rings is 1. The Hall–Kier alpha value is -0.870. The molecule has 0 radical (unpaired) electrons. The van der Waals surface area contributed by atoms with Gasteiger partial charge in [-0.15, -0.1) is 0 Å². The Morgan fingerprint density at radius 1 is 1.35 bits per heavy atom. The van der Waals surface area contributed by atoms with Crippen molar-refractivity contribution in [2.24, 2.45) is 0 Å². The zero-order valence-electron chi connectivity index (χ0n) is 13.4. The molecule has 0 saturated carbocycles. The number of hydrogen-bond acceptors (Lipinski definition) is 3. The minimum absolute atomic E-state index is 0.120. The van der Waals surface area contributed by atoms with Crippen molar-refractivity contribution < 1.29 is 0 Å². The van der Waals surface area contributed by atoms with Crippen molar-refractivity contribution in [1.29, 1.82) is 0 Å². The van der Waals surface area contributed by atoms with Crippen LogP contribution in [0.3, 0.4) is 0 Å². The molecular formula is C16H28N4. The molecule has 1 saturated heterocycles. The average molecular weight is 276 g/mol. The summed E-state index contributed by atoms with van der Waals surface area (Å²) >= 11 is 0. The molecule has 1 unspecified atom stereocenters. The fraction of sp³-hybridized carbons (Fsp3) is 0.812. The fourth-order valence-electron chi connectivity index (χ4n) is 3.56. The summed E-state index contributed by atoms with van der Waals surface area (Å²) < 4.78 is 2.54. The van der Waals surface area contributed by atoms with E-state index < -0.39 is 0 Å². The van der Waals surface area contributed by atoms with E-state index in [0.717, 1.165) is 26.1 Å². The first kappa shape index (κ1) is 14.1. The largest absolute Gasteiger partial charge is 0.330 e. The summed E-state index contributed by atoms with van der Waals surface area (Å²) in [5, 5.41) is 3.45. The molecule has 3 heterocycles. The minimum atomic E-state index is 0.120. The number of fused-ring (bicyclic) bond motifs is 1. The molecule has 1 aromatic rings. The van der Waals surface area contributed by atoms with Crippen molar-refractivity contribution in [3.05, 3.63) is 17.2 Å². The molecule has 3 rings (SSSR count). The molecule has 2 aliphatic heterocycles. The summed E-state index contributed by atoms with van der Waals surface area (Å²) in [6.45, 7) is 11.2. The van der Waals surface area contributed by atoms with Crippen LogP contribution < -0.4 is 5.32 Å². The second-order valence-corrected chi connectivity index (χ2v) is 7.39. The van der Waals surface area contributed by atoms with Crippen LogP contribution in [0.1, 0.15) is 50.8 Å². The van der Waals surface area contributed by atoms with Gasteiger partial charge in [0.05, 0.1) is 5.69 Å². The number of nitrogens with one attached hydrogen (secondary N) is 1. The summed E-state index contributed by atoms with van der Waals surface area (Å²) in [5.74, 6) is 1.27. The van der Waals surface area contributed by atoms with E-state index in [4.69, 9.17) is 4.98 Å². The third-order valence-electron chi connectivity index (χ3n) is 4.72. The van der Waals surface area contributed by atoms with Gasteiger partial charge < -0.3 is 14.8 Å². The molecule has 112 valence electrons. The van der Waals surface area contributed by atoms with Crippen LogP contribution in [-0.4, -0.2) is 40.6 Å². The van der Waals surface area contributed by atoms with Crippen molar-refractivity contribution in [2.45, 2.75) is 64.6 Å². The highest BCUT2D eigenvalue weighted by molar-refractivity contribution is 5.24. The Bertz CT molecular complexity index is 483. The molecule has 1 aromatic heterocycles. The lowest BCUT2D eigenvalue weighted by Gasteiger charge is -2.26. The summed E-state index contributed by atoms with van der Waals surface area (Å²) in [6, 6.07) is 0.685. The Labute approximate surface area is 122 Å². The lowest BCUT2D eigenvalue weighted by Crippen LogP contribution is -2.33. The van der Waals surface area contributed by atoms with Gasteiger partial charge in [0.15, 0.2) is 0 Å². The average Bonchev–Trinajstić information content (AvgIpc) is 2.95. The smallest absolute Gasteiger partial charge is 0.114 e. The monoisotopic (exact) mass is 276 g/mol. The first-order valence-electron chi connectivity index (χ1n) is 7.96. The summed E-state index contributed by atoms with van der Waals surface area (Å²) in [7, 11) is 2.26. The van der Waals surface area contributed by atoms with Gasteiger partial charge in [0.1, 0.15) is 5.82 Å². The third kappa shape index (κ3) is 2.51. The van der Waals surface area contributed by atoms with E-state index in [-0.39, 0.29) is 5.41 Å². The predicted octanol–water partition coefficient (Wildman–Crippen LogP) is 1.92. The van der Waals surface area contributed by atoms with Gasteiger partial charge in [-0.1, -0.05) is 20.8 Å². The first-order valence-corrected chi connectivity index (χ1v) is 7.96. The molecule has 0 amide bonds. The van der Waals surface area contributed by atoms with Gasteiger partial charge in [-0.25, -0.2) is 4.98 Å². The maximum atomic E-state index is 4.97. The Balaban J connectivity index is 1.96. The van der Waals surface area contributed by atoms with Crippen LogP contribution in [0.15, 0.2) is 0 Å². The van der Waals surface area contributed by atoms with Crippen LogP contribution in [0, 0.1) is 0 Å². The highest BCUT2D eigenvalue weighted by atomic mass is 15.2. The topological polar surface area (TPSA) is 33.1 Å². The highest BCUT2D eigenvalue weighted by Gasteiger charge is 2.30. The zero-order valence-corrected chi connectivity index (χ0v) is 13.4. The summed E-state index contributed by atoms with van der Waals surface area (Å²) in [5.41, 5.74) is 2.88. The Morgan fingerprint density at radius 3 is 2.80 bits per heavy atom. The lowest BCUT2D eigenvalue weighted by atomic mass is 9.95. The van der Waals surface area contributed by atoms with Crippen LogP contribution in [0.5, 0.6) is 0 Å². The number of likely N-dealkylation sites (N-methyl/N-ethyl adjacent to an activating group) is 1. The van der Waals surface area contributed by atoms with E-state index >= 15 is 0 Å². The highest BCUT2D eigenvalue weighted by Crippen LogP contribution is 2.28. The first-order chi connectivity index (χ1) is 9.47. The van der Waals surface area contributed by atoms with Crippen LogP contribution >= 0.6 is 0 Å². The van der Waals surface area contributed by atoms with Crippen LogP contribution in [-0.2, 0) is 24.9 Å². The normalized spacial score (nSPS) is 24.1. The van der Waals surface area contributed by atoms with E-state index in [1.165, 1.54) is 36.6 Å². The van der Waals surface area contributed by atoms with Gasteiger partial charge in [0, 0.05) is 43.2 Å². The van der Waals surface area contributed by atoms with Gasteiger partial charge in [-0.05, 0) is 26.4 Å². The Morgan fingerprint density at radius 2 is 2.15 bits per heavy atom. The molecule has 4 heteroatoms. The van der Waals surface area contributed by atoms with Crippen molar-refractivity contribution in [3.8, 4) is 0 Å². The van der Waals surface area contributed by atoms with Crippen LogP contribution in [0.4, 0.5) is 0 Å². The van der Waals surface area contributed by atoms with Gasteiger partial charge in [-0.2, -0.15) is 0 Å². The Kier molecular flexibility index (Phi) is 3.63. The van der Waals surface area contributed by atoms with Crippen LogP contribution in [0.25, 0.3) is 0 Å². The van der Waals surface area contributed by atoms with Gasteiger partial charge >= 0.3 is 0 Å². The molecule has 0 aromatic carbocycles. The maximum absolute atomic E-state index is 4.97. The van der Waals surface area contributed by atoms with E-state index in [9.17, 15) is 0 Å². The molecule has 20 heavy (non-hydrogen) atoms. The predicted molar refractivity (Wildman–Crippen MR) is 82.0 cm³/mol. The SMILES string of the molecule is CN1CCCC1Cn1c(C(C)(C)C)nc2c1CCNC2. The standard InChI is InChI=1S/C16H28N4/c1-16(2,3)15-18-13-10-17-8-7-14(13)20(15)11-12-6-5-9-19(12)4/h12,17H,5-11H2,1-4H3. The number of aromatic nitrogens is 2. The molecule has 4 nitrogen and oxygen atoms in total. The third-order valence-corrected chi connectivity index (χ3v) is 4.72. The zero-order chi connectivity index (χ0) is 14.3. The van der Waals surface area contributed by atoms with Gasteiger partial charge in [-0.3, -0.25) is 0 Å². The molecular weight excluding hydrogens is 248 g/mol. The maximum Gasteiger partial charge on any atom is 0.114 e. The fourth-order valence-corrected chi connectivity index (χ4v) is 3.56. The van der Waals surface area contributed by atoms with Crippen molar-refractivity contribution >= 4 is 0 Å². The van der Waals surface area contributed by atoms with Crippen molar-refractivity contribution in [2.75, 3.05) is 20.1 Å². The number of likely N-dealkylation sites (tertiary alicyclic amines) is 1. The van der Waals surface area contributed by atoms with E-state index in [1.807, 2.05) is 0 Å². The van der Waals surface area contributed by atoms with Gasteiger partial charge in [0.25, 0.3) is 0 Å². The van der Waals surface area contributed by atoms with E-state index in [1.54, 1.807) is 0 Å². The minimum Gasteiger partial charge on any atom is -0.330 e. The molecule has 0 spiro atoms. The molecule has 0 bridgehead atoms. The van der Waals surface area contributed by atoms with Crippen LogP contribution in [0.2, 0.25) is 0 Å². The van der Waals surface area contributed by atoms with E-state index in [2.05, 4.69) is 42.6 Å². The molecule has 1 atom stereocenters. The number of hydrogen-bond donors (Lipinski definition) is 1. The van der Waals surface area contributed by atoms with Gasteiger partial charge in [0.2, 0.25) is 0 Å². The summed E-state index contributed by atoms with van der Waals surface area (Å²) in [4.78, 5) is 7.48. The molecule has 2 aliphatic rings. The number of rotatable bonds is 2. The second-order valence-electron chi connectivity index (χ2n) is 7.39. The number of nitrogens with zero attached hydrogens (tertiary/aromatic N) is 3. The molecule has 0 aliphatic carbocycles. The quantitative estimate of drug-likeness (QED) is 0.896. The lowest BCUT2D eigenvalue weighted by molar-refractivity contribution is 0.273. The van der Waals surface area contributed by atoms with Crippen molar-refractivity contribution in [3.63, 3.8) is 0 Å².